The van der Waals surface area contributed by atoms with Crippen molar-refractivity contribution in [2.75, 3.05) is 17.9 Å². The lowest BCUT2D eigenvalue weighted by Gasteiger charge is -2.33. The van der Waals surface area contributed by atoms with Crippen LogP contribution in [0.25, 0.3) is 5.57 Å². The minimum atomic E-state index is -0.227. The number of rotatable bonds is 9. The molecule has 168 valence electrons. The molecule has 32 heavy (non-hydrogen) atoms. The summed E-state index contributed by atoms with van der Waals surface area (Å²) in [5.41, 5.74) is 2.23. The van der Waals surface area contributed by atoms with Crippen LogP contribution in [0.5, 0.6) is 5.75 Å². The monoisotopic (exact) mass is 489 g/mol. The van der Waals surface area contributed by atoms with Crippen molar-refractivity contribution in [3.8, 4) is 5.75 Å². The molecule has 0 saturated heterocycles. The predicted molar refractivity (Wildman–Crippen MR) is 133 cm³/mol. The summed E-state index contributed by atoms with van der Waals surface area (Å²) in [4.78, 5) is 5.19. The van der Waals surface area contributed by atoms with Crippen LogP contribution in [0.2, 0.25) is 5.02 Å². The molecule has 0 saturated carbocycles. The number of allylic oxidation sites excluding steroid dienone is 1. The van der Waals surface area contributed by atoms with Crippen molar-refractivity contribution in [2.45, 2.75) is 30.7 Å². The number of halogens is 2. The van der Waals surface area contributed by atoms with Crippen molar-refractivity contribution in [3.63, 3.8) is 0 Å². The molecule has 0 bridgehead atoms. The van der Waals surface area contributed by atoms with Gasteiger partial charge in [-0.3, -0.25) is 0 Å². The molecule has 3 aromatic rings. The van der Waals surface area contributed by atoms with Crippen LogP contribution in [0.1, 0.15) is 25.3 Å². The van der Waals surface area contributed by atoms with E-state index in [0.29, 0.717) is 23.4 Å². The Morgan fingerprint density at radius 1 is 1.25 bits per heavy atom. The summed E-state index contributed by atoms with van der Waals surface area (Å²) >= 11 is 9.53. The van der Waals surface area contributed by atoms with Gasteiger partial charge in [0.15, 0.2) is 5.13 Å². The number of anilines is 1. The lowest BCUT2D eigenvalue weighted by atomic mass is 9.80. The van der Waals surface area contributed by atoms with Crippen LogP contribution in [0, 0.1) is 11.7 Å². The van der Waals surface area contributed by atoms with Gasteiger partial charge in [-0.05, 0) is 72.8 Å². The van der Waals surface area contributed by atoms with Crippen molar-refractivity contribution >= 4 is 45.6 Å². The zero-order chi connectivity index (χ0) is 22.3. The lowest BCUT2D eigenvalue weighted by molar-refractivity contribution is 0.237. The first-order valence-electron chi connectivity index (χ1n) is 10.6. The van der Waals surface area contributed by atoms with Gasteiger partial charge in [0.1, 0.15) is 11.6 Å². The normalized spacial score (nSPS) is 18.3. The Kier molecular flexibility index (Phi) is 8.08. The highest BCUT2D eigenvalue weighted by Gasteiger charge is 2.29. The van der Waals surface area contributed by atoms with Crippen LogP contribution in [0.3, 0.4) is 0 Å². The summed E-state index contributed by atoms with van der Waals surface area (Å²) in [5, 5.41) is 6.93. The quantitative estimate of drug-likeness (QED) is 0.320. The van der Waals surface area contributed by atoms with E-state index in [1.807, 2.05) is 35.7 Å². The number of hydrogen-bond acceptors (Lipinski definition) is 6. The largest absolute Gasteiger partial charge is 0.491 e. The Balaban J connectivity index is 1.46. The third kappa shape index (κ3) is 5.84. The van der Waals surface area contributed by atoms with Crippen LogP contribution in [-0.2, 0) is 0 Å². The zero-order valence-electron chi connectivity index (χ0n) is 17.7. The summed E-state index contributed by atoms with van der Waals surface area (Å²) < 4.78 is 22.9. The molecule has 0 amide bonds. The van der Waals surface area contributed by atoms with Gasteiger partial charge < -0.3 is 14.8 Å². The Morgan fingerprint density at radius 2 is 2.09 bits per heavy atom. The van der Waals surface area contributed by atoms with E-state index in [1.54, 1.807) is 17.5 Å². The Bertz CT molecular complexity index is 1040. The third-order valence-electron chi connectivity index (χ3n) is 5.38. The van der Waals surface area contributed by atoms with Gasteiger partial charge in [0.05, 0.1) is 11.6 Å². The fraction of sp³-hybridized carbons (Fsp3) is 0.292. The van der Waals surface area contributed by atoms with Gasteiger partial charge in [0.2, 0.25) is 0 Å². The van der Waals surface area contributed by atoms with Crippen LogP contribution in [0.4, 0.5) is 9.52 Å². The van der Waals surface area contributed by atoms with Gasteiger partial charge in [-0.25, -0.2) is 9.37 Å². The molecular formula is C24H25ClFN3OS2. The standard InChI is InChI=1S/C24H25ClFN3OS2/c1-2-27-22-5-3-4-19(16-6-8-17(26)9-7-16)20(22)15-30-23-11-10-18(14-21(23)25)32-29-24-28-12-13-31-24/h4,6-14,20,22,27H,2-3,5,15H2,1H3,(H,28,29). The molecule has 1 aliphatic rings. The van der Waals surface area contributed by atoms with Crippen molar-refractivity contribution in [1.82, 2.24) is 10.3 Å². The van der Waals surface area contributed by atoms with Crippen LogP contribution < -0.4 is 14.8 Å². The van der Waals surface area contributed by atoms with Gasteiger partial charge in [0, 0.05) is 28.4 Å². The molecule has 2 unspecified atom stereocenters. The maximum atomic E-state index is 13.4. The molecule has 0 fully saturated rings. The summed E-state index contributed by atoms with van der Waals surface area (Å²) in [7, 11) is 0. The number of thiazole rings is 1. The number of nitrogens with one attached hydrogen (secondary N) is 2. The first-order chi connectivity index (χ1) is 15.6. The van der Waals surface area contributed by atoms with Crippen LogP contribution in [-0.4, -0.2) is 24.2 Å². The molecule has 2 atom stereocenters. The van der Waals surface area contributed by atoms with E-state index in [4.69, 9.17) is 16.3 Å². The van der Waals surface area contributed by atoms with E-state index in [2.05, 4.69) is 28.0 Å². The number of ether oxygens (including phenoxy) is 1. The average Bonchev–Trinajstić information content (AvgIpc) is 3.32. The van der Waals surface area contributed by atoms with E-state index in [-0.39, 0.29) is 11.7 Å². The SMILES string of the molecule is CCNC1CCC=C(c2ccc(F)cc2)C1COc1ccc(SNc2nccs2)cc1Cl. The summed E-state index contributed by atoms with van der Waals surface area (Å²) in [6.45, 7) is 3.49. The number of benzene rings is 2. The van der Waals surface area contributed by atoms with Crippen molar-refractivity contribution < 1.29 is 9.13 Å². The van der Waals surface area contributed by atoms with Gasteiger partial charge in [0.25, 0.3) is 0 Å². The van der Waals surface area contributed by atoms with Crippen molar-refractivity contribution in [3.05, 3.63) is 76.5 Å². The molecule has 4 nitrogen and oxygen atoms in total. The number of hydrogen-bond donors (Lipinski definition) is 2. The molecular weight excluding hydrogens is 465 g/mol. The smallest absolute Gasteiger partial charge is 0.192 e. The number of nitrogens with zero attached hydrogens (tertiary/aromatic N) is 1. The highest BCUT2D eigenvalue weighted by Crippen LogP contribution is 2.36. The first kappa shape index (κ1) is 23.1. The van der Waals surface area contributed by atoms with E-state index < -0.39 is 0 Å². The Hall–Kier alpha value is -2.06. The van der Waals surface area contributed by atoms with E-state index in [0.717, 1.165) is 35.0 Å². The topological polar surface area (TPSA) is 46.2 Å². The second-order valence-corrected chi connectivity index (χ2v) is 9.64. The molecule has 0 spiro atoms. The molecule has 0 aliphatic heterocycles. The van der Waals surface area contributed by atoms with Crippen molar-refractivity contribution in [2.24, 2.45) is 5.92 Å². The second kappa shape index (κ2) is 11.2. The molecule has 2 N–H and O–H groups in total. The van der Waals surface area contributed by atoms with Gasteiger partial charge in [-0.15, -0.1) is 11.3 Å². The summed E-state index contributed by atoms with van der Waals surface area (Å²) in [5.74, 6) is 0.575. The minimum absolute atomic E-state index is 0.144. The van der Waals surface area contributed by atoms with Gasteiger partial charge in [-0.1, -0.05) is 36.7 Å². The van der Waals surface area contributed by atoms with Crippen LogP contribution in [0.15, 0.2) is 65.0 Å². The van der Waals surface area contributed by atoms with Crippen LogP contribution >= 0.6 is 34.9 Å². The Labute approximate surface area is 201 Å². The lowest BCUT2D eigenvalue weighted by Crippen LogP contribution is -2.41. The predicted octanol–water partition coefficient (Wildman–Crippen LogP) is 6.91. The molecule has 1 heterocycles. The molecule has 2 aromatic carbocycles. The zero-order valence-corrected chi connectivity index (χ0v) is 20.1. The highest BCUT2D eigenvalue weighted by atomic mass is 35.5. The number of aromatic nitrogens is 1. The average molecular weight is 490 g/mol. The van der Waals surface area contributed by atoms with E-state index >= 15 is 0 Å². The molecule has 0 radical (unpaired) electrons. The van der Waals surface area contributed by atoms with E-state index in [1.165, 1.54) is 29.7 Å². The molecule has 1 aliphatic carbocycles. The molecule has 1 aromatic heterocycles. The third-order valence-corrected chi connectivity index (χ3v) is 7.28. The minimum Gasteiger partial charge on any atom is -0.491 e. The van der Waals surface area contributed by atoms with E-state index in [9.17, 15) is 4.39 Å². The fourth-order valence-electron chi connectivity index (χ4n) is 3.89. The highest BCUT2D eigenvalue weighted by molar-refractivity contribution is 8.00. The van der Waals surface area contributed by atoms with Gasteiger partial charge in [-0.2, -0.15) is 0 Å². The molecule has 8 heteroatoms. The maximum absolute atomic E-state index is 13.4. The molecule has 4 rings (SSSR count). The Morgan fingerprint density at radius 3 is 2.81 bits per heavy atom. The summed E-state index contributed by atoms with van der Waals surface area (Å²) in [6.07, 6.45) is 6.04. The van der Waals surface area contributed by atoms with Gasteiger partial charge >= 0.3 is 0 Å². The fourth-order valence-corrected chi connectivity index (χ4v) is 5.45. The first-order valence-corrected chi connectivity index (χ1v) is 12.7. The maximum Gasteiger partial charge on any atom is 0.192 e. The summed E-state index contributed by atoms with van der Waals surface area (Å²) in [6, 6.07) is 12.8. The second-order valence-electron chi connectivity index (χ2n) is 7.46. The van der Waals surface area contributed by atoms with Crippen molar-refractivity contribution in [1.29, 1.82) is 0 Å².